The first-order chi connectivity index (χ1) is 16.1. The van der Waals surface area contributed by atoms with E-state index in [2.05, 4.69) is 26.9 Å². The van der Waals surface area contributed by atoms with Crippen molar-refractivity contribution in [2.75, 3.05) is 33.2 Å². The SMILES string of the molecule is CN1CCN(Cc2cnn(-c3ccc(-c4ccc(F)cc4)nc3)c2-c2ccccc2F)CC1. The molecular weight excluding hydrogens is 420 g/mol. The number of piperazine rings is 1. The predicted molar refractivity (Wildman–Crippen MR) is 125 cm³/mol. The third-order valence-electron chi connectivity index (χ3n) is 6.10. The van der Waals surface area contributed by atoms with Gasteiger partial charge in [0.2, 0.25) is 0 Å². The Kier molecular flexibility index (Phi) is 5.98. The molecule has 1 fully saturated rings. The van der Waals surface area contributed by atoms with Gasteiger partial charge in [-0.1, -0.05) is 12.1 Å². The lowest BCUT2D eigenvalue weighted by Crippen LogP contribution is -2.43. The van der Waals surface area contributed by atoms with Gasteiger partial charge in [-0.25, -0.2) is 13.5 Å². The van der Waals surface area contributed by atoms with Crippen LogP contribution in [0.4, 0.5) is 8.78 Å². The van der Waals surface area contributed by atoms with Crippen molar-refractivity contribution in [3.8, 4) is 28.2 Å². The molecule has 0 saturated carbocycles. The van der Waals surface area contributed by atoms with Gasteiger partial charge in [0.1, 0.15) is 11.6 Å². The van der Waals surface area contributed by atoms with Crippen molar-refractivity contribution in [3.63, 3.8) is 0 Å². The van der Waals surface area contributed by atoms with Crippen LogP contribution in [-0.2, 0) is 6.54 Å². The number of rotatable bonds is 5. The fourth-order valence-corrected chi connectivity index (χ4v) is 4.18. The number of hydrogen-bond acceptors (Lipinski definition) is 4. The van der Waals surface area contributed by atoms with Crippen LogP contribution in [0.1, 0.15) is 5.56 Å². The highest BCUT2D eigenvalue weighted by Gasteiger charge is 2.21. The summed E-state index contributed by atoms with van der Waals surface area (Å²) >= 11 is 0. The molecule has 4 aromatic rings. The van der Waals surface area contributed by atoms with E-state index in [1.807, 2.05) is 24.4 Å². The summed E-state index contributed by atoms with van der Waals surface area (Å²) in [7, 11) is 2.13. The molecule has 0 spiro atoms. The maximum absolute atomic E-state index is 14.9. The summed E-state index contributed by atoms with van der Waals surface area (Å²) in [4.78, 5) is 9.24. The molecule has 2 aromatic heterocycles. The highest BCUT2D eigenvalue weighted by atomic mass is 19.1. The van der Waals surface area contributed by atoms with Crippen molar-refractivity contribution in [1.82, 2.24) is 24.6 Å². The molecule has 0 N–H and O–H groups in total. The molecule has 1 aliphatic heterocycles. The first-order valence-corrected chi connectivity index (χ1v) is 11.0. The highest BCUT2D eigenvalue weighted by Crippen LogP contribution is 2.30. The summed E-state index contributed by atoms with van der Waals surface area (Å²) in [6.07, 6.45) is 3.55. The van der Waals surface area contributed by atoms with Crippen molar-refractivity contribution in [2.45, 2.75) is 6.54 Å². The Morgan fingerprint density at radius 3 is 2.30 bits per heavy atom. The van der Waals surface area contributed by atoms with E-state index in [0.717, 1.165) is 54.4 Å². The van der Waals surface area contributed by atoms with Crippen molar-refractivity contribution in [2.24, 2.45) is 0 Å². The average Bonchev–Trinajstić information content (AvgIpc) is 3.25. The van der Waals surface area contributed by atoms with Gasteiger partial charge >= 0.3 is 0 Å². The summed E-state index contributed by atoms with van der Waals surface area (Å²) in [5.74, 6) is -0.566. The Morgan fingerprint density at radius 2 is 1.61 bits per heavy atom. The summed E-state index contributed by atoms with van der Waals surface area (Å²) in [5, 5.41) is 4.62. The first-order valence-electron chi connectivity index (χ1n) is 11.0. The van der Waals surface area contributed by atoms with Crippen LogP contribution in [-0.4, -0.2) is 57.8 Å². The Labute approximate surface area is 191 Å². The molecule has 1 aliphatic rings. The molecule has 3 heterocycles. The van der Waals surface area contributed by atoms with Crippen molar-refractivity contribution in [1.29, 1.82) is 0 Å². The molecule has 5 nitrogen and oxygen atoms in total. The van der Waals surface area contributed by atoms with E-state index in [1.165, 1.54) is 18.2 Å². The van der Waals surface area contributed by atoms with Gasteiger partial charge in [-0.05, 0) is 55.6 Å². The lowest BCUT2D eigenvalue weighted by Gasteiger charge is -2.32. The van der Waals surface area contributed by atoms with E-state index in [-0.39, 0.29) is 11.6 Å². The monoisotopic (exact) mass is 445 g/mol. The number of halogens is 2. The maximum Gasteiger partial charge on any atom is 0.132 e. The van der Waals surface area contributed by atoms with Gasteiger partial charge in [0, 0.05) is 49.4 Å². The Hall–Kier alpha value is -3.42. The molecule has 33 heavy (non-hydrogen) atoms. The molecule has 5 rings (SSSR count). The van der Waals surface area contributed by atoms with Crippen molar-refractivity contribution < 1.29 is 8.78 Å². The first kappa shape index (κ1) is 21.4. The molecule has 0 atom stereocenters. The molecular formula is C26H25F2N5. The van der Waals surface area contributed by atoms with Crippen LogP contribution in [0.15, 0.2) is 73.1 Å². The summed E-state index contributed by atoms with van der Waals surface area (Å²) in [6, 6.07) is 16.8. The summed E-state index contributed by atoms with van der Waals surface area (Å²) < 4.78 is 29.9. The molecule has 0 aliphatic carbocycles. The Bertz CT molecular complexity index is 1230. The number of likely N-dealkylation sites (N-methyl/N-ethyl adjacent to an activating group) is 1. The fourth-order valence-electron chi connectivity index (χ4n) is 4.18. The number of pyridine rings is 1. The zero-order valence-electron chi connectivity index (χ0n) is 18.5. The van der Waals surface area contributed by atoms with Gasteiger partial charge < -0.3 is 4.90 Å². The van der Waals surface area contributed by atoms with E-state index >= 15 is 0 Å². The number of benzene rings is 2. The van der Waals surface area contributed by atoms with Crippen LogP contribution in [0.2, 0.25) is 0 Å². The normalized spacial score (nSPS) is 15.1. The quantitative estimate of drug-likeness (QED) is 0.449. The van der Waals surface area contributed by atoms with E-state index in [0.29, 0.717) is 12.1 Å². The second-order valence-corrected chi connectivity index (χ2v) is 8.40. The lowest BCUT2D eigenvalue weighted by molar-refractivity contribution is 0.148. The minimum Gasteiger partial charge on any atom is -0.304 e. The molecule has 7 heteroatoms. The van der Waals surface area contributed by atoms with Crippen molar-refractivity contribution in [3.05, 3.63) is 90.3 Å². The highest BCUT2D eigenvalue weighted by molar-refractivity contribution is 5.67. The molecule has 0 radical (unpaired) electrons. The Morgan fingerprint density at radius 1 is 0.848 bits per heavy atom. The van der Waals surface area contributed by atoms with Gasteiger partial charge in [0.15, 0.2) is 0 Å². The van der Waals surface area contributed by atoms with Crippen LogP contribution in [0, 0.1) is 11.6 Å². The smallest absolute Gasteiger partial charge is 0.132 e. The Balaban J connectivity index is 1.51. The molecule has 2 aromatic carbocycles. The number of aromatic nitrogens is 3. The van der Waals surface area contributed by atoms with Crippen molar-refractivity contribution >= 4 is 0 Å². The van der Waals surface area contributed by atoms with Crippen LogP contribution in [0.25, 0.3) is 28.2 Å². The fraction of sp³-hybridized carbons (Fsp3) is 0.231. The zero-order valence-corrected chi connectivity index (χ0v) is 18.5. The predicted octanol–water partition coefficient (Wildman–Crippen LogP) is 4.63. The number of nitrogens with zero attached hydrogens (tertiary/aromatic N) is 5. The second-order valence-electron chi connectivity index (χ2n) is 8.40. The average molecular weight is 446 g/mol. The standard InChI is InChI=1S/C26H25F2N5/c1-31-12-14-32(15-13-31)18-20-16-30-33(26(20)23-4-2-3-5-24(23)28)22-10-11-25(29-17-22)19-6-8-21(27)9-7-19/h2-11,16-17H,12-15,18H2,1H3. The van der Waals surface area contributed by atoms with Gasteiger partial charge in [-0.2, -0.15) is 5.10 Å². The summed E-state index contributed by atoms with van der Waals surface area (Å²) in [6.45, 7) is 4.66. The minimum atomic E-state index is -0.283. The van der Waals surface area contributed by atoms with Crippen LogP contribution < -0.4 is 0 Å². The number of hydrogen-bond donors (Lipinski definition) is 0. The topological polar surface area (TPSA) is 37.2 Å². The minimum absolute atomic E-state index is 0.283. The third kappa shape index (κ3) is 4.55. The van der Waals surface area contributed by atoms with E-state index in [9.17, 15) is 8.78 Å². The zero-order chi connectivity index (χ0) is 22.8. The third-order valence-corrected chi connectivity index (χ3v) is 6.10. The van der Waals surface area contributed by atoms with Crippen LogP contribution in [0.3, 0.4) is 0 Å². The molecule has 0 unspecified atom stereocenters. The molecule has 168 valence electrons. The van der Waals surface area contributed by atoms with E-state index in [1.54, 1.807) is 35.1 Å². The van der Waals surface area contributed by atoms with E-state index in [4.69, 9.17) is 0 Å². The lowest BCUT2D eigenvalue weighted by atomic mass is 10.1. The van der Waals surface area contributed by atoms with Gasteiger partial charge in [-0.15, -0.1) is 0 Å². The van der Waals surface area contributed by atoms with Crippen LogP contribution >= 0.6 is 0 Å². The van der Waals surface area contributed by atoms with Crippen LogP contribution in [0.5, 0.6) is 0 Å². The van der Waals surface area contributed by atoms with Gasteiger partial charge in [0.05, 0.1) is 29.5 Å². The van der Waals surface area contributed by atoms with E-state index < -0.39 is 0 Å². The molecule has 1 saturated heterocycles. The van der Waals surface area contributed by atoms with Gasteiger partial charge in [0.25, 0.3) is 0 Å². The largest absolute Gasteiger partial charge is 0.304 e. The maximum atomic E-state index is 14.9. The second kappa shape index (κ2) is 9.21. The van der Waals surface area contributed by atoms with Gasteiger partial charge in [-0.3, -0.25) is 9.88 Å². The summed E-state index contributed by atoms with van der Waals surface area (Å²) in [5.41, 5.74) is 4.53. The molecule has 0 amide bonds. The molecule has 0 bridgehead atoms.